The predicted octanol–water partition coefficient (Wildman–Crippen LogP) is 5.04. The quantitative estimate of drug-likeness (QED) is 0.375. The molecule has 198 valence electrons. The van der Waals surface area contributed by atoms with E-state index in [-0.39, 0.29) is 24.6 Å². The van der Waals surface area contributed by atoms with Crippen molar-refractivity contribution in [2.45, 2.75) is 52.4 Å². The summed E-state index contributed by atoms with van der Waals surface area (Å²) in [6, 6.07) is 4.57. The summed E-state index contributed by atoms with van der Waals surface area (Å²) in [5, 5.41) is 6.47. The van der Waals surface area contributed by atoms with Gasteiger partial charge in [-0.05, 0) is 75.6 Å². The number of carbonyl (C=O) groups excluding carboxylic acids is 4. The number of esters is 2. The number of thiophene rings is 2. The fraction of sp³-hybridized carbons (Fsp3) is 0.370. The number of aromatic nitrogens is 1. The molecule has 2 aliphatic carbocycles. The minimum Gasteiger partial charge on any atom is -0.462 e. The Bertz CT molecular complexity index is 1340. The number of aryl methyl sites for hydroxylation is 2. The minimum atomic E-state index is -0.535. The molecule has 11 heteroatoms. The van der Waals surface area contributed by atoms with Gasteiger partial charge in [-0.25, -0.2) is 14.6 Å². The molecule has 0 radical (unpaired) electrons. The van der Waals surface area contributed by atoms with Crippen molar-refractivity contribution in [3.63, 3.8) is 0 Å². The first-order valence-electron chi connectivity index (χ1n) is 12.6. The van der Waals surface area contributed by atoms with Crippen LogP contribution < -0.4 is 10.6 Å². The lowest BCUT2D eigenvalue weighted by Crippen LogP contribution is -2.20. The standard InChI is InChI=1S/C27H27N3O6S2/c1-3-35-26(33)20-14-8-5-12-18(14)37-24(20)29-22(31)16-10-7-11-17(28-16)23(32)30-25-21(27(34)36-4-2)15-9-6-13-19(15)38-25/h7,10-11H,3-6,8-9,12-13H2,1-2H3,(H,29,31)(H,30,32). The van der Waals surface area contributed by atoms with Crippen molar-refractivity contribution in [3.8, 4) is 0 Å². The number of amides is 2. The SMILES string of the molecule is CCOC(=O)c1c(NC(=O)c2cccc(C(=O)Nc3sc4c(c3C(=O)OCC)CCC4)n2)sc2c1CCC2. The van der Waals surface area contributed by atoms with Crippen molar-refractivity contribution >= 4 is 56.4 Å². The molecule has 0 saturated heterocycles. The Morgan fingerprint density at radius 3 is 1.63 bits per heavy atom. The van der Waals surface area contributed by atoms with Gasteiger partial charge in [0.05, 0.1) is 24.3 Å². The summed E-state index contributed by atoms with van der Waals surface area (Å²) in [6.07, 6.45) is 5.18. The molecule has 2 amide bonds. The van der Waals surface area contributed by atoms with Crippen LogP contribution in [0.4, 0.5) is 10.0 Å². The highest BCUT2D eigenvalue weighted by atomic mass is 32.1. The molecular formula is C27H27N3O6S2. The van der Waals surface area contributed by atoms with E-state index in [1.807, 2.05) is 0 Å². The average Bonchev–Trinajstić information content (AvgIpc) is 3.65. The second-order valence-electron chi connectivity index (χ2n) is 8.88. The van der Waals surface area contributed by atoms with E-state index >= 15 is 0 Å². The van der Waals surface area contributed by atoms with Gasteiger partial charge in [0.1, 0.15) is 21.4 Å². The number of fused-ring (bicyclic) bond motifs is 2. The third-order valence-corrected chi connectivity index (χ3v) is 8.88. The molecule has 0 aliphatic heterocycles. The van der Waals surface area contributed by atoms with Gasteiger partial charge in [-0.2, -0.15) is 0 Å². The van der Waals surface area contributed by atoms with Crippen LogP contribution in [0.15, 0.2) is 18.2 Å². The van der Waals surface area contributed by atoms with E-state index in [9.17, 15) is 19.2 Å². The Kier molecular flexibility index (Phi) is 7.57. The lowest BCUT2D eigenvalue weighted by Gasteiger charge is -2.09. The molecule has 0 bridgehead atoms. The summed E-state index contributed by atoms with van der Waals surface area (Å²) < 4.78 is 10.5. The maximum atomic E-state index is 13.1. The highest BCUT2D eigenvalue weighted by molar-refractivity contribution is 7.17. The molecule has 38 heavy (non-hydrogen) atoms. The van der Waals surface area contributed by atoms with Gasteiger partial charge >= 0.3 is 11.9 Å². The normalized spacial score (nSPS) is 13.5. The van der Waals surface area contributed by atoms with E-state index in [0.29, 0.717) is 21.1 Å². The molecule has 0 spiro atoms. The Hall–Kier alpha value is -3.57. The van der Waals surface area contributed by atoms with E-state index in [1.54, 1.807) is 19.9 Å². The van der Waals surface area contributed by atoms with Gasteiger partial charge in [-0.15, -0.1) is 22.7 Å². The van der Waals surface area contributed by atoms with Gasteiger partial charge in [-0.3, -0.25) is 9.59 Å². The first-order chi connectivity index (χ1) is 18.4. The fourth-order valence-electron chi connectivity index (χ4n) is 4.84. The summed E-state index contributed by atoms with van der Waals surface area (Å²) in [5.74, 6) is -1.98. The molecule has 9 nitrogen and oxygen atoms in total. The number of rotatable bonds is 8. The zero-order valence-corrected chi connectivity index (χ0v) is 22.7. The Labute approximate surface area is 227 Å². The van der Waals surface area contributed by atoms with E-state index in [1.165, 1.54) is 34.8 Å². The molecule has 0 unspecified atom stereocenters. The van der Waals surface area contributed by atoms with Crippen LogP contribution in [0.5, 0.6) is 0 Å². The maximum absolute atomic E-state index is 13.1. The summed E-state index contributed by atoms with van der Waals surface area (Å²) in [5.41, 5.74) is 2.74. The van der Waals surface area contributed by atoms with Crippen LogP contribution >= 0.6 is 22.7 Å². The lowest BCUT2D eigenvalue weighted by atomic mass is 10.1. The monoisotopic (exact) mass is 553 g/mol. The summed E-state index contributed by atoms with van der Waals surface area (Å²) in [7, 11) is 0. The number of anilines is 2. The maximum Gasteiger partial charge on any atom is 0.341 e. The van der Waals surface area contributed by atoms with E-state index in [4.69, 9.17) is 9.47 Å². The topological polar surface area (TPSA) is 124 Å². The Morgan fingerprint density at radius 1 is 0.763 bits per heavy atom. The van der Waals surface area contributed by atoms with Crippen LogP contribution in [0.3, 0.4) is 0 Å². The molecule has 0 fully saturated rings. The smallest absolute Gasteiger partial charge is 0.341 e. The molecular weight excluding hydrogens is 526 g/mol. The molecule has 2 N–H and O–H groups in total. The predicted molar refractivity (Wildman–Crippen MR) is 145 cm³/mol. The zero-order valence-electron chi connectivity index (χ0n) is 21.1. The highest BCUT2D eigenvalue weighted by Crippen LogP contribution is 2.41. The highest BCUT2D eigenvalue weighted by Gasteiger charge is 2.30. The minimum absolute atomic E-state index is 0.0281. The molecule has 2 aliphatic rings. The summed E-state index contributed by atoms with van der Waals surface area (Å²) in [6.45, 7) is 3.95. The van der Waals surface area contributed by atoms with Crippen molar-refractivity contribution in [3.05, 3.63) is 61.6 Å². The molecule has 0 atom stereocenters. The molecule has 3 aromatic heterocycles. The van der Waals surface area contributed by atoms with E-state index < -0.39 is 23.8 Å². The molecule has 3 heterocycles. The summed E-state index contributed by atoms with van der Waals surface area (Å²) >= 11 is 2.75. The molecule has 0 aromatic carbocycles. The Morgan fingerprint density at radius 2 is 1.21 bits per heavy atom. The first-order valence-corrected chi connectivity index (χ1v) is 14.3. The van der Waals surface area contributed by atoms with Gasteiger partial charge in [0, 0.05) is 9.75 Å². The fourth-order valence-corrected chi connectivity index (χ4v) is 7.39. The Balaban J connectivity index is 1.36. The second kappa shape index (κ2) is 11.0. The van der Waals surface area contributed by atoms with Crippen molar-refractivity contribution in [1.29, 1.82) is 0 Å². The second-order valence-corrected chi connectivity index (χ2v) is 11.1. The van der Waals surface area contributed by atoms with E-state index in [2.05, 4.69) is 15.6 Å². The van der Waals surface area contributed by atoms with Crippen molar-refractivity contribution in [1.82, 2.24) is 4.98 Å². The van der Waals surface area contributed by atoms with E-state index in [0.717, 1.165) is 59.4 Å². The zero-order chi connectivity index (χ0) is 26.8. The van der Waals surface area contributed by atoms with Gasteiger partial charge in [0.25, 0.3) is 11.8 Å². The third-order valence-electron chi connectivity index (χ3n) is 6.47. The number of nitrogens with one attached hydrogen (secondary N) is 2. The van der Waals surface area contributed by atoms with Crippen molar-refractivity contribution in [2.75, 3.05) is 23.8 Å². The van der Waals surface area contributed by atoms with Gasteiger partial charge in [0.2, 0.25) is 0 Å². The summed E-state index contributed by atoms with van der Waals surface area (Å²) in [4.78, 5) is 57.9. The molecule has 5 rings (SSSR count). The number of hydrogen-bond donors (Lipinski definition) is 2. The van der Waals surface area contributed by atoms with Crippen LogP contribution in [-0.4, -0.2) is 42.0 Å². The van der Waals surface area contributed by atoms with Crippen LogP contribution in [0, 0.1) is 0 Å². The number of pyridine rings is 1. The number of hydrogen-bond acceptors (Lipinski definition) is 9. The molecule has 0 saturated carbocycles. The van der Waals surface area contributed by atoms with Gasteiger partial charge in [-0.1, -0.05) is 6.07 Å². The third kappa shape index (κ3) is 4.95. The first kappa shape index (κ1) is 26.1. The molecule has 3 aromatic rings. The average molecular weight is 554 g/mol. The largest absolute Gasteiger partial charge is 0.462 e. The lowest BCUT2D eigenvalue weighted by molar-refractivity contribution is 0.0517. The number of carbonyl (C=O) groups is 4. The van der Waals surface area contributed by atoms with Crippen molar-refractivity contribution < 1.29 is 28.7 Å². The van der Waals surface area contributed by atoms with Crippen LogP contribution in [0.1, 0.15) is 89.3 Å². The van der Waals surface area contributed by atoms with Gasteiger partial charge in [0.15, 0.2) is 0 Å². The number of nitrogens with zero attached hydrogens (tertiary/aromatic N) is 1. The van der Waals surface area contributed by atoms with Crippen LogP contribution in [0.25, 0.3) is 0 Å². The van der Waals surface area contributed by atoms with Gasteiger partial charge < -0.3 is 20.1 Å². The van der Waals surface area contributed by atoms with Crippen molar-refractivity contribution in [2.24, 2.45) is 0 Å². The van der Waals surface area contributed by atoms with Crippen LogP contribution in [0.2, 0.25) is 0 Å². The number of ether oxygens (including phenoxy) is 2. The van der Waals surface area contributed by atoms with Crippen LogP contribution in [-0.2, 0) is 35.2 Å².